The fourth-order valence-corrected chi connectivity index (χ4v) is 2.52. The molecule has 0 bridgehead atoms. The molecular formula is C20H23NO4. The van der Waals surface area contributed by atoms with Crippen molar-refractivity contribution >= 4 is 17.6 Å². The smallest absolute Gasteiger partial charge is 0.337 e. The molecule has 0 aliphatic rings. The summed E-state index contributed by atoms with van der Waals surface area (Å²) < 4.78 is 10.5. The number of hydrogen-bond donors (Lipinski definition) is 1. The number of ether oxygens (including phenoxy) is 2. The molecular weight excluding hydrogens is 318 g/mol. The van der Waals surface area contributed by atoms with Crippen molar-refractivity contribution in [2.24, 2.45) is 0 Å². The average molecular weight is 341 g/mol. The number of carbonyl (C=O) groups excluding carboxylic acids is 2. The van der Waals surface area contributed by atoms with Crippen molar-refractivity contribution in [3.63, 3.8) is 0 Å². The van der Waals surface area contributed by atoms with Crippen LogP contribution < -0.4 is 10.1 Å². The van der Waals surface area contributed by atoms with E-state index in [1.54, 1.807) is 24.3 Å². The number of hydrogen-bond acceptors (Lipinski definition) is 4. The van der Waals surface area contributed by atoms with E-state index in [0.29, 0.717) is 23.4 Å². The van der Waals surface area contributed by atoms with Gasteiger partial charge in [-0.3, -0.25) is 4.79 Å². The van der Waals surface area contributed by atoms with Crippen LogP contribution in [-0.4, -0.2) is 25.1 Å². The van der Waals surface area contributed by atoms with Crippen molar-refractivity contribution in [3.05, 3.63) is 59.2 Å². The topological polar surface area (TPSA) is 64.6 Å². The van der Waals surface area contributed by atoms with Crippen molar-refractivity contribution in [1.29, 1.82) is 0 Å². The molecule has 0 heterocycles. The predicted octanol–water partition coefficient (Wildman–Crippen LogP) is 3.89. The van der Waals surface area contributed by atoms with Crippen LogP contribution in [0.25, 0.3) is 0 Å². The van der Waals surface area contributed by atoms with Gasteiger partial charge in [0.15, 0.2) is 6.10 Å². The molecule has 1 unspecified atom stereocenters. The highest BCUT2D eigenvalue weighted by molar-refractivity contribution is 5.95. The Labute approximate surface area is 148 Å². The van der Waals surface area contributed by atoms with E-state index < -0.39 is 12.1 Å². The van der Waals surface area contributed by atoms with E-state index in [9.17, 15) is 9.59 Å². The summed E-state index contributed by atoms with van der Waals surface area (Å²) in [5.74, 6) is 0.0375. The number of esters is 1. The van der Waals surface area contributed by atoms with Crippen LogP contribution in [0.5, 0.6) is 5.75 Å². The number of methoxy groups -OCH3 is 1. The summed E-state index contributed by atoms with van der Waals surface area (Å²) in [6.07, 6.45) is -0.0551. The fourth-order valence-electron chi connectivity index (χ4n) is 2.52. The minimum absolute atomic E-state index is 0.229. The third-order valence-electron chi connectivity index (χ3n) is 3.71. The van der Waals surface area contributed by atoms with E-state index in [1.165, 1.54) is 7.11 Å². The van der Waals surface area contributed by atoms with E-state index >= 15 is 0 Å². The molecule has 2 aromatic carbocycles. The molecule has 0 fully saturated rings. The van der Waals surface area contributed by atoms with E-state index in [1.807, 2.05) is 32.9 Å². The Morgan fingerprint density at radius 2 is 1.64 bits per heavy atom. The molecule has 0 saturated carbocycles. The quantitative estimate of drug-likeness (QED) is 0.810. The lowest BCUT2D eigenvalue weighted by atomic mass is 10.1. The predicted molar refractivity (Wildman–Crippen MR) is 97.0 cm³/mol. The molecule has 5 nitrogen and oxygen atoms in total. The molecule has 0 aliphatic carbocycles. The van der Waals surface area contributed by atoms with Gasteiger partial charge in [0.1, 0.15) is 5.75 Å². The lowest BCUT2D eigenvalue weighted by Gasteiger charge is -2.18. The second kappa shape index (κ2) is 8.33. The molecule has 0 radical (unpaired) electrons. The van der Waals surface area contributed by atoms with Gasteiger partial charge in [-0.25, -0.2) is 4.79 Å². The van der Waals surface area contributed by atoms with Gasteiger partial charge in [-0.1, -0.05) is 13.0 Å². The summed E-state index contributed by atoms with van der Waals surface area (Å²) >= 11 is 0. The Kier molecular flexibility index (Phi) is 6.17. The molecule has 132 valence electrons. The highest BCUT2D eigenvalue weighted by Gasteiger charge is 2.19. The van der Waals surface area contributed by atoms with Crippen LogP contribution in [0.2, 0.25) is 0 Å². The molecule has 25 heavy (non-hydrogen) atoms. The minimum atomic E-state index is -0.596. The summed E-state index contributed by atoms with van der Waals surface area (Å²) in [7, 11) is 1.33. The zero-order valence-electron chi connectivity index (χ0n) is 15.0. The standard InChI is InChI=1S/C20H23NO4/c1-5-18(25-17-11-13(2)10-14(3)12-17)19(22)21-16-8-6-15(7-9-16)20(23)24-4/h6-12,18H,5H2,1-4H3,(H,21,22). The van der Waals surface area contributed by atoms with Crippen molar-refractivity contribution < 1.29 is 19.1 Å². The van der Waals surface area contributed by atoms with Crippen LogP contribution >= 0.6 is 0 Å². The highest BCUT2D eigenvalue weighted by atomic mass is 16.5. The normalized spacial score (nSPS) is 11.5. The number of aryl methyl sites for hydroxylation is 2. The fraction of sp³-hybridized carbons (Fsp3) is 0.300. The monoisotopic (exact) mass is 341 g/mol. The average Bonchev–Trinajstić information content (AvgIpc) is 2.58. The first kappa shape index (κ1) is 18.5. The molecule has 2 rings (SSSR count). The largest absolute Gasteiger partial charge is 0.481 e. The third kappa shape index (κ3) is 5.08. The molecule has 0 aliphatic heterocycles. The summed E-state index contributed by atoms with van der Waals surface area (Å²) in [6, 6.07) is 12.4. The summed E-state index contributed by atoms with van der Waals surface area (Å²) in [5, 5.41) is 2.81. The molecule has 1 N–H and O–H groups in total. The van der Waals surface area contributed by atoms with Crippen molar-refractivity contribution in [1.82, 2.24) is 0 Å². The molecule has 2 aromatic rings. The van der Waals surface area contributed by atoms with Gasteiger partial charge in [0, 0.05) is 5.69 Å². The number of carbonyl (C=O) groups is 2. The SMILES string of the molecule is CCC(Oc1cc(C)cc(C)c1)C(=O)Nc1ccc(C(=O)OC)cc1. The van der Waals surface area contributed by atoms with E-state index in [2.05, 4.69) is 16.1 Å². The highest BCUT2D eigenvalue weighted by Crippen LogP contribution is 2.19. The molecule has 1 atom stereocenters. The molecule has 0 saturated heterocycles. The van der Waals surface area contributed by atoms with Crippen molar-refractivity contribution in [3.8, 4) is 5.75 Å². The Bertz CT molecular complexity index is 733. The Hall–Kier alpha value is -2.82. The Morgan fingerprint density at radius 3 is 2.16 bits per heavy atom. The van der Waals surface area contributed by atoms with Gasteiger partial charge in [0.05, 0.1) is 12.7 Å². The van der Waals surface area contributed by atoms with Gasteiger partial charge in [-0.15, -0.1) is 0 Å². The number of nitrogens with one attached hydrogen (secondary N) is 1. The first-order chi connectivity index (χ1) is 11.9. The lowest BCUT2D eigenvalue weighted by Crippen LogP contribution is -2.32. The zero-order valence-corrected chi connectivity index (χ0v) is 15.0. The molecule has 0 spiro atoms. The maximum Gasteiger partial charge on any atom is 0.337 e. The summed E-state index contributed by atoms with van der Waals surface area (Å²) in [4.78, 5) is 23.9. The van der Waals surface area contributed by atoms with Gasteiger partial charge in [0.2, 0.25) is 0 Å². The van der Waals surface area contributed by atoms with E-state index in [-0.39, 0.29) is 5.91 Å². The van der Waals surface area contributed by atoms with Crippen LogP contribution in [0.4, 0.5) is 5.69 Å². The number of anilines is 1. The second-order valence-electron chi connectivity index (χ2n) is 5.90. The molecule has 1 amide bonds. The van der Waals surface area contributed by atoms with Crippen molar-refractivity contribution in [2.45, 2.75) is 33.3 Å². The zero-order chi connectivity index (χ0) is 18.4. The van der Waals surface area contributed by atoms with Gasteiger partial charge < -0.3 is 14.8 Å². The summed E-state index contributed by atoms with van der Waals surface area (Å²) in [6.45, 7) is 5.88. The third-order valence-corrected chi connectivity index (χ3v) is 3.71. The summed E-state index contributed by atoms with van der Waals surface area (Å²) in [5.41, 5.74) is 3.20. The van der Waals surface area contributed by atoms with Crippen molar-refractivity contribution in [2.75, 3.05) is 12.4 Å². The second-order valence-corrected chi connectivity index (χ2v) is 5.90. The van der Waals surface area contributed by atoms with Gasteiger partial charge in [-0.2, -0.15) is 0 Å². The van der Waals surface area contributed by atoms with Crippen LogP contribution in [0.1, 0.15) is 34.8 Å². The number of benzene rings is 2. The van der Waals surface area contributed by atoms with E-state index in [0.717, 1.165) is 11.1 Å². The minimum Gasteiger partial charge on any atom is -0.481 e. The number of rotatable bonds is 6. The Balaban J connectivity index is 2.05. The molecule has 0 aromatic heterocycles. The maximum absolute atomic E-state index is 12.5. The van der Waals surface area contributed by atoms with Crippen LogP contribution in [0.15, 0.2) is 42.5 Å². The van der Waals surface area contributed by atoms with E-state index in [4.69, 9.17) is 4.74 Å². The first-order valence-corrected chi connectivity index (χ1v) is 8.17. The van der Waals surface area contributed by atoms with Gasteiger partial charge in [0.25, 0.3) is 5.91 Å². The van der Waals surface area contributed by atoms with Gasteiger partial charge >= 0.3 is 5.97 Å². The maximum atomic E-state index is 12.5. The lowest BCUT2D eigenvalue weighted by molar-refractivity contribution is -0.122. The van der Waals surface area contributed by atoms with Gasteiger partial charge in [-0.05, 0) is 67.8 Å². The number of amides is 1. The van der Waals surface area contributed by atoms with Crippen LogP contribution in [0, 0.1) is 13.8 Å². The van der Waals surface area contributed by atoms with Crippen LogP contribution in [0.3, 0.4) is 0 Å². The first-order valence-electron chi connectivity index (χ1n) is 8.17. The Morgan fingerprint density at radius 1 is 1.04 bits per heavy atom. The molecule has 5 heteroatoms. The van der Waals surface area contributed by atoms with Crippen LogP contribution in [-0.2, 0) is 9.53 Å².